The minimum atomic E-state index is -0.315. The molecule has 0 aromatic heterocycles. The van der Waals surface area contributed by atoms with Gasteiger partial charge in [0.25, 0.3) is 5.69 Å². The van der Waals surface area contributed by atoms with E-state index in [4.69, 9.17) is 0 Å². The molecule has 0 spiro atoms. The summed E-state index contributed by atoms with van der Waals surface area (Å²) in [6.45, 7) is 6.95. The smallest absolute Gasteiger partial charge is 0.272 e. The molecule has 16 heavy (non-hydrogen) atoms. The van der Waals surface area contributed by atoms with Gasteiger partial charge < -0.3 is 5.32 Å². The summed E-state index contributed by atoms with van der Waals surface area (Å²) in [5.74, 6) is 0.126. The molecule has 0 radical (unpaired) electrons. The number of likely N-dealkylation sites (N-methyl/N-ethyl adjacent to an activating group) is 1. The standard InChI is InChI=1S/C12H18N2O2/c1-4-13-10(3)9(2)11-7-5-6-8-12(11)14(15)16/h5-10,13H,4H2,1-3H3. The molecule has 1 aromatic carbocycles. The Morgan fingerprint density at radius 2 is 2.00 bits per heavy atom. The van der Waals surface area contributed by atoms with Gasteiger partial charge in [-0.1, -0.05) is 32.0 Å². The molecule has 1 N–H and O–H groups in total. The molecule has 4 heteroatoms. The second kappa shape index (κ2) is 5.61. The van der Waals surface area contributed by atoms with Crippen LogP contribution in [0.5, 0.6) is 0 Å². The van der Waals surface area contributed by atoms with Crippen LogP contribution >= 0.6 is 0 Å². The van der Waals surface area contributed by atoms with Crippen molar-refractivity contribution in [2.24, 2.45) is 0 Å². The maximum absolute atomic E-state index is 10.9. The quantitative estimate of drug-likeness (QED) is 0.615. The minimum Gasteiger partial charge on any atom is -0.314 e. The van der Waals surface area contributed by atoms with Gasteiger partial charge in [0.2, 0.25) is 0 Å². The second-order valence-electron chi connectivity index (χ2n) is 3.95. The number of hydrogen-bond donors (Lipinski definition) is 1. The molecule has 1 rings (SSSR count). The van der Waals surface area contributed by atoms with E-state index in [1.165, 1.54) is 0 Å². The van der Waals surface area contributed by atoms with E-state index < -0.39 is 0 Å². The zero-order valence-corrected chi connectivity index (χ0v) is 9.93. The molecule has 2 unspecified atom stereocenters. The van der Waals surface area contributed by atoms with Crippen molar-refractivity contribution in [3.05, 3.63) is 39.9 Å². The van der Waals surface area contributed by atoms with E-state index in [1.54, 1.807) is 12.1 Å². The van der Waals surface area contributed by atoms with Crippen LogP contribution in [0.15, 0.2) is 24.3 Å². The topological polar surface area (TPSA) is 55.2 Å². The van der Waals surface area contributed by atoms with Crippen molar-refractivity contribution < 1.29 is 4.92 Å². The van der Waals surface area contributed by atoms with E-state index in [2.05, 4.69) is 5.32 Å². The molecule has 0 saturated carbocycles. The number of para-hydroxylation sites is 1. The molecule has 0 bridgehead atoms. The third kappa shape index (κ3) is 2.79. The Morgan fingerprint density at radius 3 is 2.56 bits per heavy atom. The summed E-state index contributed by atoms with van der Waals surface area (Å²) >= 11 is 0. The Labute approximate surface area is 95.8 Å². The lowest BCUT2D eigenvalue weighted by Crippen LogP contribution is -2.30. The number of rotatable bonds is 5. The van der Waals surface area contributed by atoms with Crippen LogP contribution in [-0.2, 0) is 0 Å². The zero-order valence-electron chi connectivity index (χ0n) is 9.93. The van der Waals surface area contributed by atoms with Crippen LogP contribution in [0.25, 0.3) is 0 Å². The Morgan fingerprint density at radius 1 is 1.38 bits per heavy atom. The molecule has 0 aliphatic carbocycles. The third-order valence-electron chi connectivity index (χ3n) is 2.90. The number of nitro groups is 1. The Kier molecular flexibility index (Phi) is 4.43. The number of nitro benzene ring substituents is 1. The third-order valence-corrected chi connectivity index (χ3v) is 2.90. The van der Waals surface area contributed by atoms with Crippen LogP contribution in [0.4, 0.5) is 5.69 Å². The maximum atomic E-state index is 10.9. The van der Waals surface area contributed by atoms with Crippen molar-refractivity contribution in [3.8, 4) is 0 Å². The van der Waals surface area contributed by atoms with Gasteiger partial charge in [-0.3, -0.25) is 10.1 Å². The molecule has 88 valence electrons. The SMILES string of the molecule is CCNC(C)C(C)c1ccccc1[N+](=O)[O-]. The molecule has 0 aliphatic heterocycles. The first-order chi connectivity index (χ1) is 7.57. The monoisotopic (exact) mass is 222 g/mol. The van der Waals surface area contributed by atoms with Crippen molar-refractivity contribution in [1.29, 1.82) is 0 Å². The number of nitrogens with one attached hydrogen (secondary N) is 1. The van der Waals surface area contributed by atoms with Crippen molar-refractivity contribution >= 4 is 5.69 Å². The number of benzene rings is 1. The van der Waals surface area contributed by atoms with E-state index in [-0.39, 0.29) is 22.6 Å². The molecule has 2 atom stereocenters. The first-order valence-corrected chi connectivity index (χ1v) is 5.54. The summed E-state index contributed by atoms with van der Waals surface area (Å²) in [6, 6.07) is 7.16. The molecule has 0 amide bonds. The lowest BCUT2D eigenvalue weighted by Gasteiger charge is -2.20. The lowest BCUT2D eigenvalue weighted by molar-refractivity contribution is -0.385. The highest BCUT2D eigenvalue weighted by atomic mass is 16.6. The highest BCUT2D eigenvalue weighted by molar-refractivity contribution is 5.42. The zero-order chi connectivity index (χ0) is 12.1. The van der Waals surface area contributed by atoms with Gasteiger partial charge in [-0.15, -0.1) is 0 Å². The van der Waals surface area contributed by atoms with Crippen LogP contribution in [0.3, 0.4) is 0 Å². The van der Waals surface area contributed by atoms with E-state index in [1.807, 2.05) is 32.9 Å². The van der Waals surface area contributed by atoms with Crippen LogP contribution in [0.2, 0.25) is 0 Å². The highest BCUT2D eigenvalue weighted by Crippen LogP contribution is 2.28. The average molecular weight is 222 g/mol. The van der Waals surface area contributed by atoms with Crippen molar-refractivity contribution in [3.63, 3.8) is 0 Å². The Bertz CT molecular complexity index is 366. The molecule has 4 nitrogen and oxygen atoms in total. The number of hydrogen-bond acceptors (Lipinski definition) is 3. The molecule has 0 heterocycles. The lowest BCUT2D eigenvalue weighted by atomic mass is 9.93. The van der Waals surface area contributed by atoms with Gasteiger partial charge in [0.1, 0.15) is 0 Å². The normalized spacial score (nSPS) is 14.4. The van der Waals surface area contributed by atoms with Gasteiger partial charge in [-0.25, -0.2) is 0 Å². The van der Waals surface area contributed by atoms with Crippen LogP contribution in [-0.4, -0.2) is 17.5 Å². The van der Waals surface area contributed by atoms with Crippen LogP contribution < -0.4 is 5.32 Å². The predicted octanol–water partition coefficient (Wildman–Crippen LogP) is 2.70. The predicted molar refractivity (Wildman–Crippen MR) is 64.7 cm³/mol. The molecule has 1 aromatic rings. The van der Waals surface area contributed by atoms with Gasteiger partial charge in [0, 0.05) is 23.6 Å². The molecular formula is C12H18N2O2. The fourth-order valence-electron chi connectivity index (χ4n) is 1.81. The molecule has 0 saturated heterocycles. The van der Waals surface area contributed by atoms with E-state index in [0.29, 0.717) is 0 Å². The Balaban J connectivity index is 2.98. The first-order valence-electron chi connectivity index (χ1n) is 5.54. The van der Waals surface area contributed by atoms with Gasteiger partial charge in [0.15, 0.2) is 0 Å². The fourth-order valence-corrected chi connectivity index (χ4v) is 1.81. The summed E-state index contributed by atoms with van der Waals surface area (Å²) in [5.41, 5.74) is 1.00. The molecular weight excluding hydrogens is 204 g/mol. The van der Waals surface area contributed by atoms with E-state index in [9.17, 15) is 10.1 Å². The van der Waals surface area contributed by atoms with Crippen molar-refractivity contribution in [2.75, 3.05) is 6.54 Å². The van der Waals surface area contributed by atoms with Gasteiger partial charge in [-0.2, -0.15) is 0 Å². The van der Waals surface area contributed by atoms with Crippen molar-refractivity contribution in [2.45, 2.75) is 32.7 Å². The van der Waals surface area contributed by atoms with E-state index in [0.717, 1.165) is 12.1 Å². The summed E-state index contributed by atoms with van der Waals surface area (Å²) in [4.78, 5) is 10.6. The summed E-state index contributed by atoms with van der Waals surface area (Å²) in [7, 11) is 0. The largest absolute Gasteiger partial charge is 0.314 e. The highest BCUT2D eigenvalue weighted by Gasteiger charge is 2.21. The van der Waals surface area contributed by atoms with Crippen LogP contribution in [0, 0.1) is 10.1 Å². The fraction of sp³-hybridized carbons (Fsp3) is 0.500. The summed E-state index contributed by atoms with van der Waals surface area (Å²) in [5, 5.41) is 14.2. The molecule has 0 aliphatic rings. The van der Waals surface area contributed by atoms with Crippen molar-refractivity contribution in [1.82, 2.24) is 5.32 Å². The Hall–Kier alpha value is -1.42. The molecule has 0 fully saturated rings. The van der Waals surface area contributed by atoms with E-state index >= 15 is 0 Å². The first kappa shape index (κ1) is 12.6. The van der Waals surface area contributed by atoms with Gasteiger partial charge >= 0.3 is 0 Å². The average Bonchev–Trinajstić information content (AvgIpc) is 2.28. The van der Waals surface area contributed by atoms with Gasteiger partial charge in [-0.05, 0) is 13.5 Å². The summed E-state index contributed by atoms with van der Waals surface area (Å²) in [6.07, 6.45) is 0. The minimum absolute atomic E-state index is 0.126. The van der Waals surface area contributed by atoms with Crippen LogP contribution in [0.1, 0.15) is 32.3 Å². The van der Waals surface area contributed by atoms with Gasteiger partial charge in [0.05, 0.1) is 4.92 Å². The second-order valence-corrected chi connectivity index (χ2v) is 3.95. The number of nitrogens with zero attached hydrogens (tertiary/aromatic N) is 1. The maximum Gasteiger partial charge on any atom is 0.272 e. The summed E-state index contributed by atoms with van der Waals surface area (Å²) < 4.78 is 0.